The van der Waals surface area contributed by atoms with Crippen molar-refractivity contribution in [2.75, 3.05) is 23.3 Å². The van der Waals surface area contributed by atoms with E-state index in [1.165, 1.54) is 11.3 Å². The second-order valence-electron chi connectivity index (χ2n) is 6.65. The van der Waals surface area contributed by atoms with Gasteiger partial charge in [0.25, 0.3) is 0 Å². The summed E-state index contributed by atoms with van der Waals surface area (Å²) in [4.78, 5) is 6.81. The molecule has 0 aromatic heterocycles. The van der Waals surface area contributed by atoms with Gasteiger partial charge in [-0.1, -0.05) is 50.3 Å². The molecule has 2 aromatic rings. The average Bonchev–Trinajstić information content (AvgIpc) is 3.15. The minimum absolute atomic E-state index is 0.439. The van der Waals surface area contributed by atoms with E-state index in [0.717, 1.165) is 24.3 Å². The molecule has 3 rings (SSSR count). The first-order valence-corrected chi connectivity index (χ1v) is 8.77. The Morgan fingerprint density at radius 3 is 2.64 bits per heavy atom. The molecule has 1 aliphatic rings. The highest BCUT2D eigenvalue weighted by Crippen LogP contribution is 2.20. The van der Waals surface area contributed by atoms with Crippen molar-refractivity contribution in [2.24, 2.45) is 10.7 Å². The van der Waals surface area contributed by atoms with Gasteiger partial charge in [-0.2, -0.15) is 0 Å². The van der Waals surface area contributed by atoms with Gasteiger partial charge in [0.2, 0.25) is 0 Å². The lowest BCUT2D eigenvalue weighted by Gasteiger charge is -2.18. The zero-order chi connectivity index (χ0) is 17.6. The number of hydrogen-bond donors (Lipinski definition) is 2. The number of nitrogens with zero attached hydrogens (tertiary/aromatic N) is 2. The summed E-state index contributed by atoms with van der Waals surface area (Å²) >= 11 is 0. The molecule has 0 amide bonds. The molecule has 3 N–H and O–H groups in total. The number of nitrogens with two attached hydrogens (primary N) is 1. The highest BCUT2D eigenvalue weighted by molar-refractivity contribution is 5.92. The predicted molar refractivity (Wildman–Crippen MR) is 107 cm³/mol. The molecule has 0 aliphatic carbocycles. The molecular weight excluding hydrogens is 308 g/mol. The fraction of sp³-hybridized carbons (Fsp3) is 0.286. The van der Waals surface area contributed by atoms with Crippen molar-refractivity contribution in [3.8, 4) is 0 Å². The van der Waals surface area contributed by atoms with E-state index in [1.54, 1.807) is 0 Å². The van der Waals surface area contributed by atoms with Gasteiger partial charge in [0.1, 0.15) is 0 Å². The molecule has 25 heavy (non-hydrogen) atoms. The van der Waals surface area contributed by atoms with Crippen molar-refractivity contribution < 1.29 is 0 Å². The molecule has 0 saturated carbocycles. The molecule has 0 atom stereocenters. The zero-order valence-corrected chi connectivity index (χ0v) is 14.9. The van der Waals surface area contributed by atoms with E-state index < -0.39 is 0 Å². The third kappa shape index (κ3) is 4.63. The van der Waals surface area contributed by atoms with E-state index in [-0.39, 0.29) is 0 Å². The van der Waals surface area contributed by atoms with Crippen LogP contribution in [0.1, 0.15) is 30.9 Å². The van der Waals surface area contributed by atoms with Crippen molar-refractivity contribution >= 4 is 17.3 Å². The van der Waals surface area contributed by atoms with Crippen LogP contribution >= 0.6 is 0 Å². The lowest BCUT2D eigenvalue weighted by atomic mass is 10.0. The summed E-state index contributed by atoms with van der Waals surface area (Å²) in [6.45, 7) is 6.88. The largest absolute Gasteiger partial charge is 0.370 e. The minimum atomic E-state index is 0.439. The molecule has 0 spiro atoms. The van der Waals surface area contributed by atoms with Gasteiger partial charge in [-0.15, -0.1) is 0 Å². The van der Waals surface area contributed by atoms with E-state index in [4.69, 9.17) is 5.73 Å². The van der Waals surface area contributed by atoms with E-state index in [9.17, 15) is 0 Å². The predicted octanol–water partition coefficient (Wildman–Crippen LogP) is 4.11. The van der Waals surface area contributed by atoms with Crippen LogP contribution in [0.4, 0.5) is 11.4 Å². The van der Waals surface area contributed by atoms with Gasteiger partial charge in [0.05, 0.1) is 6.54 Å². The summed E-state index contributed by atoms with van der Waals surface area (Å²) in [6.07, 6.45) is 4.38. The number of anilines is 2. The third-order valence-electron chi connectivity index (χ3n) is 4.35. The SMILES string of the molecule is CC(C)c1cccc(NC(N)=NCc2cccc(N3CC=CC3)c2)c1. The Morgan fingerprint density at radius 2 is 1.88 bits per heavy atom. The Bertz CT molecular complexity index is 769. The molecule has 0 radical (unpaired) electrons. The smallest absolute Gasteiger partial charge is 0.193 e. The average molecular weight is 334 g/mol. The van der Waals surface area contributed by atoms with Gasteiger partial charge in [-0.3, -0.25) is 0 Å². The Balaban J connectivity index is 1.63. The number of guanidine groups is 1. The van der Waals surface area contributed by atoms with Crippen molar-refractivity contribution in [1.29, 1.82) is 0 Å². The Morgan fingerprint density at radius 1 is 1.12 bits per heavy atom. The molecular formula is C21H26N4. The lowest BCUT2D eigenvalue weighted by Crippen LogP contribution is -2.22. The summed E-state index contributed by atoms with van der Waals surface area (Å²) < 4.78 is 0. The molecule has 4 heteroatoms. The summed E-state index contributed by atoms with van der Waals surface area (Å²) in [5.74, 6) is 0.928. The third-order valence-corrected chi connectivity index (χ3v) is 4.35. The van der Waals surface area contributed by atoms with Crippen molar-refractivity contribution in [2.45, 2.75) is 26.3 Å². The normalized spacial score (nSPS) is 14.4. The van der Waals surface area contributed by atoms with Crippen LogP contribution < -0.4 is 16.0 Å². The summed E-state index contributed by atoms with van der Waals surface area (Å²) in [5.41, 5.74) is 10.7. The molecule has 130 valence electrons. The summed E-state index contributed by atoms with van der Waals surface area (Å²) in [5, 5.41) is 3.18. The van der Waals surface area contributed by atoms with Gasteiger partial charge < -0.3 is 16.0 Å². The van der Waals surface area contributed by atoms with Crippen molar-refractivity contribution in [1.82, 2.24) is 0 Å². The molecule has 0 bridgehead atoms. The number of rotatable bonds is 5. The second-order valence-corrected chi connectivity index (χ2v) is 6.65. The topological polar surface area (TPSA) is 53.6 Å². The van der Waals surface area contributed by atoms with E-state index in [0.29, 0.717) is 18.4 Å². The number of benzene rings is 2. The van der Waals surface area contributed by atoms with E-state index in [1.807, 2.05) is 12.1 Å². The van der Waals surface area contributed by atoms with Crippen LogP contribution in [-0.4, -0.2) is 19.0 Å². The highest BCUT2D eigenvalue weighted by Gasteiger charge is 2.07. The standard InChI is InChI=1S/C21H26N4/c1-16(2)18-8-6-9-19(14-18)24-21(22)23-15-17-7-5-10-20(13-17)25-11-3-4-12-25/h3-10,13-14,16H,11-12,15H2,1-2H3,(H3,22,23,24). The van der Waals surface area contributed by atoms with Crippen LogP contribution in [0.15, 0.2) is 65.7 Å². The van der Waals surface area contributed by atoms with Gasteiger partial charge >= 0.3 is 0 Å². The molecule has 4 nitrogen and oxygen atoms in total. The quantitative estimate of drug-likeness (QED) is 0.491. The number of nitrogens with one attached hydrogen (secondary N) is 1. The first kappa shape index (κ1) is 17.1. The minimum Gasteiger partial charge on any atom is -0.370 e. The summed E-state index contributed by atoms with van der Waals surface area (Å²) in [7, 11) is 0. The molecule has 1 heterocycles. The molecule has 0 unspecified atom stereocenters. The fourth-order valence-electron chi connectivity index (χ4n) is 2.88. The van der Waals surface area contributed by atoms with Crippen LogP contribution in [0.25, 0.3) is 0 Å². The molecule has 0 saturated heterocycles. The van der Waals surface area contributed by atoms with Crippen LogP contribution in [0.3, 0.4) is 0 Å². The van der Waals surface area contributed by atoms with Crippen LogP contribution in [0.5, 0.6) is 0 Å². The van der Waals surface area contributed by atoms with E-state index in [2.05, 4.69) is 77.6 Å². The number of hydrogen-bond acceptors (Lipinski definition) is 2. The summed E-state index contributed by atoms with van der Waals surface area (Å²) in [6, 6.07) is 16.8. The van der Waals surface area contributed by atoms with Crippen molar-refractivity contribution in [3.63, 3.8) is 0 Å². The van der Waals surface area contributed by atoms with Crippen molar-refractivity contribution in [3.05, 3.63) is 71.8 Å². The van der Waals surface area contributed by atoms with Crippen LogP contribution in [-0.2, 0) is 6.54 Å². The Kier molecular flexibility index (Phi) is 5.39. The Hall–Kier alpha value is -2.75. The maximum atomic E-state index is 6.06. The fourth-order valence-corrected chi connectivity index (χ4v) is 2.88. The maximum Gasteiger partial charge on any atom is 0.193 e. The molecule has 0 fully saturated rings. The van der Waals surface area contributed by atoms with Crippen LogP contribution in [0, 0.1) is 0 Å². The monoisotopic (exact) mass is 334 g/mol. The maximum absolute atomic E-state index is 6.06. The lowest BCUT2D eigenvalue weighted by molar-refractivity contribution is 0.867. The first-order chi connectivity index (χ1) is 12.1. The second kappa shape index (κ2) is 7.88. The van der Waals surface area contributed by atoms with Gasteiger partial charge in [0.15, 0.2) is 5.96 Å². The molecule has 1 aliphatic heterocycles. The van der Waals surface area contributed by atoms with Gasteiger partial charge in [0, 0.05) is 24.5 Å². The number of aliphatic imine (C=N–C) groups is 1. The highest BCUT2D eigenvalue weighted by atomic mass is 15.1. The van der Waals surface area contributed by atoms with E-state index >= 15 is 0 Å². The first-order valence-electron chi connectivity index (χ1n) is 8.77. The zero-order valence-electron chi connectivity index (χ0n) is 14.9. The van der Waals surface area contributed by atoms with Gasteiger partial charge in [-0.05, 0) is 41.3 Å². The molecule has 2 aromatic carbocycles. The Labute approximate surface area is 150 Å². The van der Waals surface area contributed by atoms with Crippen LogP contribution in [0.2, 0.25) is 0 Å². The van der Waals surface area contributed by atoms with Gasteiger partial charge in [-0.25, -0.2) is 4.99 Å².